The molecule has 2 heterocycles. The number of halogens is 3. The Morgan fingerprint density at radius 3 is 2.10 bits per heavy atom. The molecule has 1 amide bonds. The number of aromatic nitrogens is 2. The molecular formula is C22H21F3N4O. The zero-order chi connectivity index (χ0) is 21.1. The molecule has 1 aliphatic heterocycles. The number of alkyl halides is 3. The van der Waals surface area contributed by atoms with Crippen molar-refractivity contribution in [3.8, 4) is 5.69 Å². The molecule has 8 heteroatoms. The number of carbonyl (C=O) groups excluding carboxylic acids is 1. The summed E-state index contributed by atoms with van der Waals surface area (Å²) in [6.07, 6.45) is -3.68. The van der Waals surface area contributed by atoms with Gasteiger partial charge in [-0.3, -0.25) is 9.69 Å². The van der Waals surface area contributed by atoms with Gasteiger partial charge in [0.1, 0.15) is 0 Å². The van der Waals surface area contributed by atoms with Gasteiger partial charge in [0.05, 0.1) is 17.4 Å². The molecule has 0 radical (unpaired) electrons. The van der Waals surface area contributed by atoms with Gasteiger partial charge in [0.15, 0.2) is 5.69 Å². The molecule has 2 aromatic carbocycles. The highest BCUT2D eigenvalue weighted by Crippen LogP contribution is 2.34. The van der Waals surface area contributed by atoms with E-state index in [4.69, 9.17) is 0 Å². The van der Waals surface area contributed by atoms with Crippen molar-refractivity contribution >= 4 is 5.91 Å². The molecule has 5 nitrogen and oxygen atoms in total. The maximum absolute atomic E-state index is 13.8. The lowest BCUT2D eigenvalue weighted by atomic mass is 10.1. The van der Waals surface area contributed by atoms with Gasteiger partial charge in [0.2, 0.25) is 0 Å². The predicted molar refractivity (Wildman–Crippen MR) is 106 cm³/mol. The normalized spacial score (nSPS) is 15.4. The van der Waals surface area contributed by atoms with E-state index in [-0.39, 0.29) is 5.69 Å². The first-order valence-electron chi connectivity index (χ1n) is 9.69. The van der Waals surface area contributed by atoms with Crippen molar-refractivity contribution in [1.29, 1.82) is 0 Å². The second-order valence-electron chi connectivity index (χ2n) is 7.21. The minimum Gasteiger partial charge on any atom is -0.336 e. The van der Waals surface area contributed by atoms with E-state index in [1.165, 1.54) is 22.6 Å². The van der Waals surface area contributed by atoms with Crippen molar-refractivity contribution in [1.82, 2.24) is 19.6 Å². The first kappa shape index (κ1) is 20.2. The highest BCUT2D eigenvalue weighted by molar-refractivity contribution is 5.95. The van der Waals surface area contributed by atoms with Gasteiger partial charge in [0.25, 0.3) is 5.91 Å². The largest absolute Gasteiger partial charge is 0.434 e. The van der Waals surface area contributed by atoms with Crippen LogP contribution in [0.5, 0.6) is 0 Å². The molecule has 4 rings (SSSR count). The molecule has 156 valence electrons. The number of para-hydroxylation sites is 1. The van der Waals surface area contributed by atoms with Gasteiger partial charge < -0.3 is 4.90 Å². The molecule has 1 aromatic heterocycles. The van der Waals surface area contributed by atoms with Crippen molar-refractivity contribution in [2.75, 3.05) is 26.2 Å². The quantitative estimate of drug-likeness (QED) is 0.651. The summed E-state index contributed by atoms with van der Waals surface area (Å²) >= 11 is 0. The van der Waals surface area contributed by atoms with Gasteiger partial charge in [0, 0.05) is 32.7 Å². The zero-order valence-corrected chi connectivity index (χ0v) is 16.2. The van der Waals surface area contributed by atoms with E-state index < -0.39 is 23.3 Å². The van der Waals surface area contributed by atoms with Crippen molar-refractivity contribution in [3.63, 3.8) is 0 Å². The first-order valence-corrected chi connectivity index (χ1v) is 9.69. The molecule has 1 aliphatic rings. The molecule has 0 saturated carbocycles. The highest BCUT2D eigenvalue weighted by atomic mass is 19.4. The Bertz CT molecular complexity index is 994. The Balaban J connectivity index is 1.51. The Morgan fingerprint density at radius 1 is 0.900 bits per heavy atom. The van der Waals surface area contributed by atoms with E-state index in [0.717, 1.165) is 17.4 Å². The summed E-state index contributed by atoms with van der Waals surface area (Å²) in [7, 11) is 0. The number of carbonyl (C=O) groups is 1. The summed E-state index contributed by atoms with van der Waals surface area (Å²) in [5, 5.41) is 3.88. The van der Waals surface area contributed by atoms with Gasteiger partial charge >= 0.3 is 6.18 Å². The van der Waals surface area contributed by atoms with E-state index in [2.05, 4.69) is 10.00 Å². The third-order valence-corrected chi connectivity index (χ3v) is 5.18. The second-order valence-corrected chi connectivity index (χ2v) is 7.21. The summed E-state index contributed by atoms with van der Waals surface area (Å²) in [6.45, 7) is 2.71. The average Bonchev–Trinajstić information content (AvgIpc) is 3.21. The smallest absolute Gasteiger partial charge is 0.336 e. The van der Waals surface area contributed by atoms with Crippen molar-refractivity contribution in [2.45, 2.75) is 12.7 Å². The molecule has 0 aliphatic carbocycles. The standard InChI is InChI=1S/C22H21F3N4O/c23-22(24,25)20-19(15-26-29(20)18-9-5-2-6-10-18)21(30)28-13-11-27(12-14-28)16-17-7-3-1-4-8-17/h1-10,15H,11-14,16H2. The van der Waals surface area contributed by atoms with Crippen molar-refractivity contribution < 1.29 is 18.0 Å². The van der Waals surface area contributed by atoms with Crippen LogP contribution in [0.1, 0.15) is 21.6 Å². The summed E-state index contributed by atoms with van der Waals surface area (Å²) < 4.78 is 42.3. The van der Waals surface area contributed by atoms with Crippen LogP contribution in [0.3, 0.4) is 0 Å². The fraction of sp³-hybridized carbons (Fsp3) is 0.273. The zero-order valence-electron chi connectivity index (χ0n) is 16.2. The number of benzene rings is 2. The molecule has 0 atom stereocenters. The van der Waals surface area contributed by atoms with Crippen LogP contribution >= 0.6 is 0 Å². The summed E-state index contributed by atoms with van der Waals surface area (Å²) in [5.41, 5.74) is -0.0226. The summed E-state index contributed by atoms with van der Waals surface area (Å²) in [4.78, 5) is 16.6. The maximum Gasteiger partial charge on any atom is 0.434 e. The van der Waals surface area contributed by atoms with Crippen molar-refractivity contribution in [2.24, 2.45) is 0 Å². The minimum absolute atomic E-state index is 0.261. The van der Waals surface area contributed by atoms with Gasteiger partial charge in [-0.2, -0.15) is 18.3 Å². The Morgan fingerprint density at radius 2 is 1.50 bits per heavy atom. The van der Waals surface area contributed by atoms with Crippen LogP contribution in [-0.2, 0) is 12.7 Å². The molecule has 1 saturated heterocycles. The molecule has 30 heavy (non-hydrogen) atoms. The van der Waals surface area contributed by atoms with Gasteiger partial charge in [-0.05, 0) is 17.7 Å². The van der Waals surface area contributed by atoms with Gasteiger partial charge in [-0.1, -0.05) is 48.5 Å². The van der Waals surface area contributed by atoms with Crippen LogP contribution in [-0.4, -0.2) is 51.7 Å². The fourth-order valence-electron chi connectivity index (χ4n) is 3.66. The third-order valence-electron chi connectivity index (χ3n) is 5.18. The Kier molecular flexibility index (Phi) is 5.59. The number of rotatable bonds is 4. The molecule has 3 aromatic rings. The number of hydrogen-bond donors (Lipinski definition) is 0. The lowest BCUT2D eigenvalue weighted by molar-refractivity contribution is -0.143. The van der Waals surface area contributed by atoms with Crippen LogP contribution in [0.4, 0.5) is 13.2 Å². The van der Waals surface area contributed by atoms with Crippen LogP contribution in [0.2, 0.25) is 0 Å². The van der Waals surface area contributed by atoms with Crippen LogP contribution < -0.4 is 0 Å². The topological polar surface area (TPSA) is 41.4 Å². The summed E-state index contributed by atoms with van der Waals surface area (Å²) in [6, 6.07) is 18.0. The van der Waals surface area contributed by atoms with E-state index >= 15 is 0 Å². The highest BCUT2D eigenvalue weighted by Gasteiger charge is 2.41. The molecule has 0 bridgehead atoms. The third kappa shape index (κ3) is 4.23. The summed E-state index contributed by atoms with van der Waals surface area (Å²) in [5.74, 6) is -0.635. The molecule has 1 fully saturated rings. The Labute approximate surface area is 172 Å². The number of nitrogens with zero attached hydrogens (tertiary/aromatic N) is 4. The SMILES string of the molecule is O=C(c1cnn(-c2ccccc2)c1C(F)(F)F)N1CCN(Cc2ccccc2)CC1. The minimum atomic E-state index is -4.70. The molecule has 0 N–H and O–H groups in total. The molecular weight excluding hydrogens is 393 g/mol. The van der Waals surface area contributed by atoms with E-state index in [1.54, 1.807) is 18.2 Å². The van der Waals surface area contributed by atoms with Crippen molar-refractivity contribution in [3.05, 3.63) is 83.7 Å². The number of amides is 1. The fourth-order valence-corrected chi connectivity index (χ4v) is 3.66. The van der Waals surface area contributed by atoms with Crippen LogP contribution in [0, 0.1) is 0 Å². The maximum atomic E-state index is 13.8. The molecule has 0 unspecified atom stereocenters. The van der Waals surface area contributed by atoms with E-state index in [0.29, 0.717) is 26.2 Å². The second kappa shape index (κ2) is 8.31. The van der Waals surface area contributed by atoms with E-state index in [9.17, 15) is 18.0 Å². The first-order chi connectivity index (χ1) is 14.4. The lowest BCUT2D eigenvalue weighted by Gasteiger charge is -2.34. The van der Waals surface area contributed by atoms with Crippen LogP contribution in [0.15, 0.2) is 66.9 Å². The predicted octanol–water partition coefficient (Wildman–Crippen LogP) is 3.85. The molecule has 0 spiro atoms. The number of hydrogen-bond acceptors (Lipinski definition) is 3. The lowest BCUT2D eigenvalue weighted by Crippen LogP contribution is -2.48. The monoisotopic (exact) mass is 414 g/mol. The number of piperazine rings is 1. The van der Waals surface area contributed by atoms with Gasteiger partial charge in [-0.25, -0.2) is 4.68 Å². The Hall–Kier alpha value is -3.13. The average molecular weight is 414 g/mol. The van der Waals surface area contributed by atoms with E-state index in [1.807, 2.05) is 30.3 Å². The van der Waals surface area contributed by atoms with Gasteiger partial charge in [-0.15, -0.1) is 0 Å². The van der Waals surface area contributed by atoms with Crippen LogP contribution in [0.25, 0.3) is 5.69 Å².